The number of nitrogens with one attached hydrogen (secondary N) is 1. The van der Waals surface area contributed by atoms with Gasteiger partial charge in [0.2, 0.25) is 5.82 Å². The van der Waals surface area contributed by atoms with Gasteiger partial charge in [0.1, 0.15) is 0 Å². The summed E-state index contributed by atoms with van der Waals surface area (Å²) in [6, 6.07) is 0. The van der Waals surface area contributed by atoms with Crippen molar-refractivity contribution in [3.05, 3.63) is 21.9 Å². The largest absolute Gasteiger partial charge is 0.460 e. The molecule has 0 radical (unpaired) electrons. The number of rotatable bonds is 5. The molecule has 0 bridgehead atoms. The molecule has 0 aromatic carbocycles. The lowest BCUT2D eigenvalue weighted by Gasteiger charge is -2.22. The lowest BCUT2D eigenvalue weighted by atomic mass is 10.1. The monoisotopic (exact) mass is 247 g/mol. The molecule has 0 aliphatic carbocycles. The fraction of sp³-hybridized carbons (Fsp3) is 0.800. The van der Waals surface area contributed by atoms with Crippen LogP contribution in [0, 0.1) is 16.0 Å². The maximum absolute atomic E-state index is 13.2. The van der Waals surface area contributed by atoms with Crippen LogP contribution in [0.3, 0.4) is 0 Å². The normalized spacial score (nSPS) is 25.4. The number of nitro groups is 1. The van der Waals surface area contributed by atoms with E-state index in [9.17, 15) is 14.5 Å². The van der Waals surface area contributed by atoms with Crippen LogP contribution >= 0.6 is 0 Å². The number of halogens is 1. The standard InChI is InChI=1S/C10H18FN3O3/c1-7-4-8(6-17-7)5-13(3)10(12-2)9(11)14(15)16/h7-8,12H,4-6H2,1-3H3. The van der Waals surface area contributed by atoms with Crippen molar-refractivity contribution in [3.63, 3.8) is 0 Å². The Kier molecular flexibility index (Phi) is 4.68. The van der Waals surface area contributed by atoms with Crippen LogP contribution in [-0.4, -0.2) is 43.2 Å². The first-order valence-electron chi connectivity index (χ1n) is 5.50. The van der Waals surface area contributed by atoms with Gasteiger partial charge in [0.25, 0.3) is 0 Å². The molecule has 1 heterocycles. The summed E-state index contributed by atoms with van der Waals surface area (Å²) in [6.07, 6.45) is 1.09. The summed E-state index contributed by atoms with van der Waals surface area (Å²) in [6.45, 7) is 3.12. The predicted octanol–water partition coefficient (Wildman–Crippen LogP) is 0.935. The zero-order chi connectivity index (χ0) is 13.0. The van der Waals surface area contributed by atoms with Gasteiger partial charge in [-0.1, -0.05) is 0 Å². The van der Waals surface area contributed by atoms with Crippen LogP contribution in [0.2, 0.25) is 0 Å². The first kappa shape index (κ1) is 13.7. The number of hydrogen-bond acceptors (Lipinski definition) is 5. The van der Waals surface area contributed by atoms with E-state index in [0.717, 1.165) is 6.42 Å². The summed E-state index contributed by atoms with van der Waals surface area (Å²) < 4.78 is 18.6. The molecule has 0 spiro atoms. The lowest BCUT2D eigenvalue weighted by Crippen LogP contribution is -2.33. The number of hydrogen-bond donors (Lipinski definition) is 1. The third-order valence-corrected chi connectivity index (χ3v) is 2.79. The molecule has 1 saturated heterocycles. The van der Waals surface area contributed by atoms with Gasteiger partial charge in [-0.2, -0.15) is 0 Å². The lowest BCUT2D eigenvalue weighted by molar-refractivity contribution is -0.450. The van der Waals surface area contributed by atoms with Crippen molar-refractivity contribution in [2.24, 2.45) is 5.92 Å². The molecule has 0 aromatic heterocycles. The minimum absolute atomic E-state index is 0.102. The molecule has 17 heavy (non-hydrogen) atoms. The molecule has 1 aliphatic rings. The highest BCUT2D eigenvalue weighted by molar-refractivity contribution is 4.98. The molecule has 2 unspecified atom stereocenters. The molecular formula is C10H18FN3O3. The SMILES string of the molecule is CNC(=C(F)[N+](=O)[O-])N(C)CC1COC(C)C1. The van der Waals surface area contributed by atoms with Crippen molar-refractivity contribution in [1.82, 2.24) is 10.2 Å². The third-order valence-electron chi connectivity index (χ3n) is 2.79. The second-order valence-electron chi connectivity index (χ2n) is 4.27. The van der Waals surface area contributed by atoms with Crippen molar-refractivity contribution in [2.75, 3.05) is 27.2 Å². The van der Waals surface area contributed by atoms with Crippen molar-refractivity contribution >= 4 is 0 Å². The first-order valence-corrected chi connectivity index (χ1v) is 5.50. The van der Waals surface area contributed by atoms with Gasteiger partial charge < -0.3 is 15.0 Å². The predicted molar refractivity (Wildman–Crippen MR) is 60.3 cm³/mol. The van der Waals surface area contributed by atoms with Gasteiger partial charge in [0.05, 0.1) is 17.6 Å². The Morgan fingerprint density at radius 3 is 2.76 bits per heavy atom. The second kappa shape index (κ2) is 5.81. The Morgan fingerprint density at radius 2 is 2.35 bits per heavy atom. The van der Waals surface area contributed by atoms with Crippen LogP contribution in [0.5, 0.6) is 0 Å². The fourth-order valence-corrected chi connectivity index (χ4v) is 2.05. The van der Waals surface area contributed by atoms with Crippen LogP contribution in [0.15, 0.2) is 11.8 Å². The Labute approximate surface area is 99.6 Å². The highest BCUT2D eigenvalue weighted by Crippen LogP contribution is 2.21. The highest BCUT2D eigenvalue weighted by atomic mass is 19.1. The first-order chi connectivity index (χ1) is 7.95. The minimum atomic E-state index is -1.36. The zero-order valence-electron chi connectivity index (χ0n) is 10.3. The van der Waals surface area contributed by atoms with E-state index in [0.29, 0.717) is 13.2 Å². The summed E-state index contributed by atoms with van der Waals surface area (Å²) in [4.78, 5) is 10.9. The van der Waals surface area contributed by atoms with E-state index in [1.54, 1.807) is 7.05 Å². The van der Waals surface area contributed by atoms with E-state index in [2.05, 4.69) is 5.32 Å². The van der Waals surface area contributed by atoms with Crippen molar-refractivity contribution in [2.45, 2.75) is 19.4 Å². The molecule has 6 nitrogen and oxygen atoms in total. The molecule has 1 rings (SSSR count). The number of nitrogens with zero attached hydrogens (tertiary/aromatic N) is 2. The van der Waals surface area contributed by atoms with Gasteiger partial charge in [-0.25, -0.2) is 0 Å². The van der Waals surface area contributed by atoms with E-state index < -0.39 is 10.9 Å². The molecule has 0 aromatic rings. The Hall–Kier alpha value is -1.37. The van der Waals surface area contributed by atoms with Gasteiger partial charge in [-0.05, 0) is 13.3 Å². The molecule has 98 valence electrons. The average Bonchev–Trinajstić information content (AvgIpc) is 2.64. The summed E-state index contributed by atoms with van der Waals surface area (Å²) >= 11 is 0. The van der Waals surface area contributed by atoms with Crippen molar-refractivity contribution in [1.29, 1.82) is 0 Å². The van der Waals surface area contributed by atoms with E-state index in [1.165, 1.54) is 11.9 Å². The van der Waals surface area contributed by atoms with Crippen LogP contribution in [0.1, 0.15) is 13.3 Å². The zero-order valence-corrected chi connectivity index (χ0v) is 10.3. The van der Waals surface area contributed by atoms with Gasteiger partial charge >= 0.3 is 5.95 Å². The van der Waals surface area contributed by atoms with Crippen LogP contribution in [0.25, 0.3) is 0 Å². The molecule has 7 heteroatoms. The van der Waals surface area contributed by atoms with Gasteiger partial charge in [0, 0.05) is 26.6 Å². The smallest absolute Gasteiger partial charge is 0.378 e. The van der Waals surface area contributed by atoms with E-state index in [-0.39, 0.29) is 17.8 Å². The summed E-state index contributed by atoms with van der Waals surface area (Å²) in [5.41, 5.74) is 0. The van der Waals surface area contributed by atoms with E-state index in [4.69, 9.17) is 4.74 Å². The summed E-state index contributed by atoms with van der Waals surface area (Å²) in [7, 11) is 3.08. The van der Waals surface area contributed by atoms with Gasteiger partial charge in [-0.3, -0.25) is 10.1 Å². The summed E-state index contributed by atoms with van der Waals surface area (Å²) in [5, 5.41) is 12.9. The van der Waals surface area contributed by atoms with Crippen LogP contribution in [-0.2, 0) is 4.74 Å². The van der Waals surface area contributed by atoms with Crippen molar-refractivity contribution in [3.8, 4) is 0 Å². The maximum Gasteiger partial charge on any atom is 0.460 e. The Bertz CT molecular complexity index is 322. The average molecular weight is 247 g/mol. The Balaban J connectivity index is 2.64. The Morgan fingerprint density at radius 1 is 1.71 bits per heavy atom. The molecule has 1 N–H and O–H groups in total. The van der Waals surface area contributed by atoms with Crippen molar-refractivity contribution < 1.29 is 14.1 Å². The topological polar surface area (TPSA) is 67.6 Å². The maximum atomic E-state index is 13.2. The minimum Gasteiger partial charge on any atom is -0.378 e. The number of ether oxygens (including phenoxy) is 1. The molecule has 1 fully saturated rings. The van der Waals surface area contributed by atoms with Crippen LogP contribution in [0.4, 0.5) is 4.39 Å². The highest BCUT2D eigenvalue weighted by Gasteiger charge is 2.27. The van der Waals surface area contributed by atoms with E-state index in [1.807, 2.05) is 6.92 Å². The molecule has 2 atom stereocenters. The third kappa shape index (κ3) is 3.55. The quantitative estimate of drug-likeness (QED) is 0.445. The van der Waals surface area contributed by atoms with E-state index >= 15 is 0 Å². The molecular weight excluding hydrogens is 229 g/mol. The van der Waals surface area contributed by atoms with Gasteiger partial charge in [-0.15, -0.1) is 4.39 Å². The second-order valence-corrected chi connectivity index (χ2v) is 4.27. The molecule has 0 amide bonds. The van der Waals surface area contributed by atoms with Gasteiger partial charge in [0.15, 0.2) is 0 Å². The fourth-order valence-electron chi connectivity index (χ4n) is 2.05. The summed E-state index contributed by atoms with van der Waals surface area (Å²) in [5.74, 6) is -1.19. The van der Waals surface area contributed by atoms with Crippen LogP contribution < -0.4 is 5.32 Å². The molecule has 1 aliphatic heterocycles. The molecule has 0 saturated carbocycles.